The smallest absolute Gasteiger partial charge is 0.387 e. The normalized spacial score (nSPS) is 18.8. The third kappa shape index (κ3) is 4.17. The molecule has 0 aromatic heterocycles. The van der Waals surface area contributed by atoms with Crippen molar-refractivity contribution in [2.45, 2.75) is 38.8 Å². The van der Waals surface area contributed by atoms with Gasteiger partial charge in [-0.2, -0.15) is 8.78 Å². The van der Waals surface area contributed by atoms with Gasteiger partial charge in [0.1, 0.15) is 11.3 Å². The van der Waals surface area contributed by atoms with E-state index in [9.17, 15) is 23.2 Å². The van der Waals surface area contributed by atoms with Crippen LogP contribution in [0.15, 0.2) is 48.5 Å². The standard InChI is InChI=1S/C22H22F2N2O4/c1-13(2)14-4-8-16(9-5-14)22(3)19(28)26(21(29)25-22)12-18(27)15-6-10-17(11-7-15)30-20(23)24/h4-11,13,20H,12H2,1-3H3,(H,25,29)/t22-/m1/s1. The van der Waals surface area contributed by atoms with E-state index < -0.39 is 36.4 Å². The molecule has 8 heteroatoms. The third-order valence-corrected chi connectivity index (χ3v) is 5.13. The second kappa shape index (κ2) is 8.22. The summed E-state index contributed by atoms with van der Waals surface area (Å²) in [6.07, 6.45) is 0. The number of ketones is 1. The Morgan fingerprint density at radius 2 is 1.67 bits per heavy atom. The number of imide groups is 1. The van der Waals surface area contributed by atoms with Crippen molar-refractivity contribution in [2.75, 3.05) is 6.54 Å². The molecule has 2 aromatic carbocycles. The van der Waals surface area contributed by atoms with Crippen LogP contribution in [0.4, 0.5) is 13.6 Å². The molecule has 1 fully saturated rings. The monoisotopic (exact) mass is 416 g/mol. The van der Waals surface area contributed by atoms with Gasteiger partial charge in [0.2, 0.25) is 0 Å². The molecular formula is C22H22F2N2O4. The molecule has 1 aliphatic rings. The predicted octanol–water partition coefficient (Wildman–Crippen LogP) is 4.06. The predicted molar refractivity (Wildman–Crippen MR) is 106 cm³/mol. The SMILES string of the molecule is CC(C)c1ccc([C@@]2(C)NC(=O)N(CC(=O)c3ccc(OC(F)F)cc3)C2=O)cc1. The van der Waals surface area contributed by atoms with Gasteiger partial charge < -0.3 is 10.1 Å². The van der Waals surface area contributed by atoms with Crippen LogP contribution in [0.25, 0.3) is 0 Å². The molecule has 3 rings (SSSR count). The lowest BCUT2D eigenvalue weighted by Crippen LogP contribution is -2.41. The summed E-state index contributed by atoms with van der Waals surface area (Å²) in [5.74, 6) is -0.793. The number of hydrogen-bond acceptors (Lipinski definition) is 4. The van der Waals surface area contributed by atoms with E-state index >= 15 is 0 Å². The zero-order valence-corrected chi connectivity index (χ0v) is 16.8. The van der Waals surface area contributed by atoms with E-state index in [1.165, 1.54) is 24.3 Å². The number of ether oxygens (including phenoxy) is 1. The van der Waals surface area contributed by atoms with Crippen molar-refractivity contribution in [1.82, 2.24) is 10.2 Å². The lowest BCUT2D eigenvalue weighted by Gasteiger charge is -2.22. The van der Waals surface area contributed by atoms with E-state index in [0.29, 0.717) is 11.5 Å². The molecule has 3 amide bonds. The van der Waals surface area contributed by atoms with E-state index in [2.05, 4.69) is 23.9 Å². The van der Waals surface area contributed by atoms with Crippen molar-refractivity contribution in [3.63, 3.8) is 0 Å². The number of nitrogens with one attached hydrogen (secondary N) is 1. The van der Waals surface area contributed by atoms with Gasteiger partial charge in [-0.05, 0) is 48.2 Å². The Labute approximate surface area is 172 Å². The fraction of sp³-hybridized carbons (Fsp3) is 0.318. The van der Waals surface area contributed by atoms with Crippen LogP contribution in [0.1, 0.15) is 48.2 Å². The molecule has 0 radical (unpaired) electrons. The molecule has 0 unspecified atom stereocenters. The van der Waals surface area contributed by atoms with Crippen molar-refractivity contribution in [2.24, 2.45) is 0 Å². The summed E-state index contributed by atoms with van der Waals surface area (Å²) in [6, 6.07) is 11.8. The summed E-state index contributed by atoms with van der Waals surface area (Å²) in [4.78, 5) is 38.8. The minimum absolute atomic E-state index is 0.0889. The highest BCUT2D eigenvalue weighted by atomic mass is 19.3. The lowest BCUT2D eigenvalue weighted by atomic mass is 9.90. The molecule has 0 bridgehead atoms. The second-order valence-corrected chi connectivity index (χ2v) is 7.55. The molecule has 0 spiro atoms. The van der Waals surface area contributed by atoms with Gasteiger partial charge in [0.25, 0.3) is 5.91 Å². The molecule has 1 heterocycles. The Morgan fingerprint density at radius 3 is 2.20 bits per heavy atom. The molecule has 6 nitrogen and oxygen atoms in total. The van der Waals surface area contributed by atoms with E-state index in [1.54, 1.807) is 19.1 Å². The summed E-state index contributed by atoms with van der Waals surface area (Å²) in [7, 11) is 0. The molecule has 1 atom stereocenters. The Morgan fingerprint density at radius 1 is 1.07 bits per heavy atom. The van der Waals surface area contributed by atoms with Crippen LogP contribution in [0.3, 0.4) is 0 Å². The number of Topliss-reactive ketones (excluding diaryl/α,β-unsaturated/α-hetero) is 1. The molecular weight excluding hydrogens is 394 g/mol. The van der Waals surface area contributed by atoms with E-state index in [1.807, 2.05) is 12.1 Å². The highest BCUT2D eigenvalue weighted by Gasteiger charge is 2.49. The summed E-state index contributed by atoms with van der Waals surface area (Å²) in [6.45, 7) is 2.28. The number of alkyl halides is 2. The summed E-state index contributed by atoms with van der Waals surface area (Å²) >= 11 is 0. The molecule has 1 saturated heterocycles. The largest absolute Gasteiger partial charge is 0.435 e. The van der Waals surface area contributed by atoms with Crippen molar-refractivity contribution < 1.29 is 27.9 Å². The van der Waals surface area contributed by atoms with Crippen molar-refractivity contribution in [3.8, 4) is 5.75 Å². The number of amides is 3. The summed E-state index contributed by atoms with van der Waals surface area (Å²) in [5.41, 5.74) is 0.619. The number of urea groups is 1. The van der Waals surface area contributed by atoms with Crippen LogP contribution in [0, 0.1) is 0 Å². The van der Waals surface area contributed by atoms with E-state index in [4.69, 9.17) is 0 Å². The first kappa shape index (κ1) is 21.4. The number of benzene rings is 2. The van der Waals surface area contributed by atoms with Gasteiger partial charge >= 0.3 is 12.6 Å². The van der Waals surface area contributed by atoms with Crippen LogP contribution in [0.2, 0.25) is 0 Å². The molecule has 1 aliphatic heterocycles. The van der Waals surface area contributed by atoms with Gasteiger partial charge in [-0.1, -0.05) is 38.1 Å². The van der Waals surface area contributed by atoms with E-state index in [-0.39, 0.29) is 11.3 Å². The van der Waals surface area contributed by atoms with Crippen LogP contribution < -0.4 is 10.1 Å². The topological polar surface area (TPSA) is 75.7 Å². The first-order chi connectivity index (χ1) is 14.1. The fourth-order valence-corrected chi connectivity index (χ4v) is 3.29. The van der Waals surface area contributed by atoms with Crippen LogP contribution in [-0.4, -0.2) is 35.8 Å². The van der Waals surface area contributed by atoms with Crippen molar-refractivity contribution >= 4 is 17.7 Å². The zero-order valence-electron chi connectivity index (χ0n) is 16.8. The maximum atomic E-state index is 13.0. The van der Waals surface area contributed by atoms with Gasteiger partial charge in [-0.15, -0.1) is 0 Å². The Kier molecular flexibility index (Phi) is 5.87. The number of carbonyl (C=O) groups excluding carboxylic acids is 3. The third-order valence-electron chi connectivity index (χ3n) is 5.13. The minimum Gasteiger partial charge on any atom is -0.435 e. The van der Waals surface area contributed by atoms with Crippen molar-refractivity contribution in [3.05, 3.63) is 65.2 Å². The minimum atomic E-state index is -2.97. The van der Waals surface area contributed by atoms with Crippen LogP contribution >= 0.6 is 0 Å². The average molecular weight is 416 g/mol. The van der Waals surface area contributed by atoms with Gasteiger partial charge in [0, 0.05) is 5.56 Å². The second-order valence-electron chi connectivity index (χ2n) is 7.55. The van der Waals surface area contributed by atoms with Crippen LogP contribution in [-0.2, 0) is 10.3 Å². The Bertz CT molecular complexity index is 958. The molecule has 158 valence electrons. The summed E-state index contributed by atoms with van der Waals surface area (Å²) in [5, 5.41) is 2.66. The number of hydrogen-bond donors (Lipinski definition) is 1. The first-order valence-corrected chi connectivity index (χ1v) is 9.44. The molecule has 30 heavy (non-hydrogen) atoms. The Hall–Kier alpha value is -3.29. The molecule has 2 aromatic rings. The van der Waals surface area contributed by atoms with Gasteiger partial charge in [-0.25, -0.2) is 4.79 Å². The van der Waals surface area contributed by atoms with Gasteiger partial charge in [-0.3, -0.25) is 14.5 Å². The fourth-order valence-electron chi connectivity index (χ4n) is 3.29. The van der Waals surface area contributed by atoms with Gasteiger partial charge in [0.15, 0.2) is 5.78 Å². The van der Waals surface area contributed by atoms with Crippen molar-refractivity contribution in [1.29, 1.82) is 0 Å². The molecule has 0 saturated carbocycles. The number of carbonyl (C=O) groups is 3. The molecule has 0 aliphatic carbocycles. The quantitative estimate of drug-likeness (QED) is 0.546. The highest BCUT2D eigenvalue weighted by molar-refractivity contribution is 6.11. The highest BCUT2D eigenvalue weighted by Crippen LogP contribution is 2.30. The maximum Gasteiger partial charge on any atom is 0.387 e. The van der Waals surface area contributed by atoms with E-state index in [0.717, 1.165) is 10.5 Å². The average Bonchev–Trinajstić information content (AvgIpc) is 2.92. The zero-order chi connectivity index (χ0) is 22.1. The lowest BCUT2D eigenvalue weighted by molar-refractivity contribution is -0.130. The number of halogens is 2. The summed E-state index contributed by atoms with van der Waals surface area (Å²) < 4.78 is 28.7. The number of nitrogens with zero attached hydrogens (tertiary/aromatic N) is 1. The Balaban J connectivity index is 1.75. The maximum absolute atomic E-state index is 13.0. The van der Waals surface area contributed by atoms with Crippen LogP contribution in [0.5, 0.6) is 5.75 Å². The first-order valence-electron chi connectivity index (χ1n) is 9.44. The molecule has 1 N–H and O–H groups in total. The number of rotatable bonds is 7. The van der Waals surface area contributed by atoms with Gasteiger partial charge in [0.05, 0.1) is 6.54 Å².